The van der Waals surface area contributed by atoms with Crippen LogP contribution in [0.5, 0.6) is 5.75 Å². The van der Waals surface area contributed by atoms with Crippen LogP contribution in [0.4, 0.5) is 16.2 Å². The van der Waals surface area contributed by atoms with Crippen LogP contribution in [-0.2, 0) is 0 Å². The highest BCUT2D eigenvalue weighted by atomic mass is 35.5. The van der Waals surface area contributed by atoms with Gasteiger partial charge in [0.05, 0.1) is 18.3 Å². The minimum absolute atomic E-state index is 0.359. The third kappa shape index (κ3) is 4.62. The van der Waals surface area contributed by atoms with Crippen molar-refractivity contribution in [1.82, 2.24) is 4.98 Å². The molecule has 156 valence electrons. The average Bonchev–Trinajstić information content (AvgIpc) is 2.76. The largest absolute Gasteiger partial charge is 0.496 e. The second kappa shape index (κ2) is 8.66. The van der Waals surface area contributed by atoms with Gasteiger partial charge in [-0.3, -0.25) is 0 Å². The number of fused-ring (bicyclic) bond motifs is 1. The van der Waals surface area contributed by atoms with E-state index in [1.807, 2.05) is 49.4 Å². The van der Waals surface area contributed by atoms with Gasteiger partial charge in [0, 0.05) is 33.4 Å². The van der Waals surface area contributed by atoms with Crippen molar-refractivity contribution in [2.24, 2.45) is 0 Å². The lowest BCUT2D eigenvalue weighted by atomic mass is 10.1. The lowest BCUT2D eigenvalue weighted by Gasteiger charge is -2.12. The molecule has 4 aromatic rings. The Kier molecular flexibility index (Phi) is 5.78. The lowest BCUT2D eigenvalue weighted by molar-refractivity contribution is 0.262. The number of ether oxygens (including phenoxy) is 1. The number of anilines is 2. The summed E-state index contributed by atoms with van der Waals surface area (Å²) in [6.45, 7) is 3.96. The Morgan fingerprint density at radius 3 is 2.26 bits per heavy atom. The molecular formula is C25H22ClN3O2. The van der Waals surface area contributed by atoms with Gasteiger partial charge in [-0.1, -0.05) is 47.5 Å². The molecule has 4 rings (SSSR count). The number of benzene rings is 3. The van der Waals surface area contributed by atoms with E-state index < -0.39 is 0 Å². The van der Waals surface area contributed by atoms with Gasteiger partial charge in [0.15, 0.2) is 0 Å². The van der Waals surface area contributed by atoms with Gasteiger partial charge in [-0.05, 0) is 49.7 Å². The number of nitrogens with zero attached hydrogens (tertiary/aromatic N) is 1. The minimum atomic E-state index is -0.359. The monoisotopic (exact) mass is 431 g/mol. The van der Waals surface area contributed by atoms with E-state index in [1.165, 1.54) is 5.56 Å². The predicted octanol–water partition coefficient (Wildman–Crippen LogP) is 6.82. The summed E-state index contributed by atoms with van der Waals surface area (Å²) in [5.41, 5.74) is 6.03. The summed E-state index contributed by atoms with van der Waals surface area (Å²) in [5, 5.41) is 7.05. The number of methoxy groups -OCH3 is 1. The number of halogens is 1. The van der Waals surface area contributed by atoms with Gasteiger partial charge in [0.1, 0.15) is 5.75 Å². The van der Waals surface area contributed by atoms with E-state index >= 15 is 0 Å². The molecule has 0 bridgehead atoms. The summed E-state index contributed by atoms with van der Waals surface area (Å²) < 4.78 is 5.61. The molecule has 0 fully saturated rings. The summed E-state index contributed by atoms with van der Waals surface area (Å²) in [4.78, 5) is 17.2. The highest BCUT2D eigenvalue weighted by Gasteiger charge is 2.11. The van der Waals surface area contributed by atoms with Crippen molar-refractivity contribution in [1.29, 1.82) is 0 Å². The van der Waals surface area contributed by atoms with Crippen molar-refractivity contribution in [3.63, 3.8) is 0 Å². The van der Waals surface area contributed by atoms with Crippen molar-refractivity contribution in [3.05, 3.63) is 82.9 Å². The summed E-state index contributed by atoms with van der Waals surface area (Å²) in [6.07, 6.45) is 0. The summed E-state index contributed by atoms with van der Waals surface area (Å²) in [7, 11) is 1.63. The number of nitrogens with one attached hydrogen (secondary N) is 2. The Hall–Kier alpha value is -3.57. The molecule has 3 aromatic carbocycles. The van der Waals surface area contributed by atoms with Crippen molar-refractivity contribution >= 4 is 39.9 Å². The molecule has 6 heteroatoms. The number of aryl methyl sites for hydroxylation is 2. The van der Waals surface area contributed by atoms with Crippen LogP contribution in [0, 0.1) is 13.8 Å². The Morgan fingerprint density at radius 1 is 0.903 bits per heavy atom. The van der Waals surface area contributed by atoms with Crippen LogP contribution in [0.25, 0.3) is 22.2 Å². The van der Waals surface area contributed by atoms with Crippen LogP contribution in [0.1, 0.15) is 11.1 Å². The van der Waals surface area contributed by atoms with Crippen molar-refractivity contribution in [2.45, 2.75) is 13.8 Å². The van der Waals surface area contributed by atoms with Crippen molar-refractivity contribution < 1.29 is 9.53 Å². The molecule has 0 atom stereocenters. The number of hydrogen-bond acceptors (Lipinski definition) is 3. The number of carbonyl (C=O) groups excluding carboxylic acids is 1. The van der Waals surface area contributed by atoms with Crippen LogP contribution in [0.3, 0.4) is 0 Å². The van der Waals surface area contributed by atoms with E-state index in [1.54, 1.807) is 19.2 Å². The molecule has 0 aliphatic rings. The van der Waals surface area contributed by atoms with Crippen LogP contribution in [-0.4, -0.2) is 18.1 Å². The first-order valence-corrected chi connectivity index (χ1v) is 10.2. The molecule has 0 unspecified atom stereocenters. The molecule has 2 N–H and O–H groups in total. The molecule has 1 heterocycles. The maximum atomic E-state index is 12.4. The first kappa shape index (κ1) is 20.7. The molecule has 2 amide bonds. The second-order valence-electron chi connectivity index (χ2n) is 7.35. The Morgan fingerprint density at radius 2 is 1.58 bits per heavy atom. The fourth-order valence-corrected chi connectivity index (χ4v) is 3.46. The van der Waals surface area contributed by atoms with E-state index in [0.717, 1.165) is 27.7 Å². The highest BCUT2D eigenvalue weighted by molar-refractivity contribution is 6.31. The molecule has 0 aliphatic carbocycles. The van der Waals surface area contributed by atoms with Gasteiger partial charge in [-0.25, -0.2) is 9.78 Å². The first-order chi connectivity index (χ1) is 14.9. The fraction of sp³-hybridized carbons (Fsp3) is 0.120. The SMILES string of the molecule is COc1cc(-c2ccc(C)cc2)nc2ccc(NC(=O)Nc3ccc(C)c(Cl)c3)cc12. The highest BCUT2D eigenvalue weighted by Crippen LogP contribution is 2.32. The number of rotatable bonds is 4. The molecule has 5 nitrogen and oxygen atoms in total. The van der Waals surface area contributed by atoms with Crippen LogP contribution in [0.2, 0.25) is 5.02 Å². The topological polar surface area (TPSA) is 63.2 Å². The van der Waals surface area contributed by atoms with Crippen LogP contribution in [0.15, 0.2) is 66.7 Å². The number of pyridine rings is 1. The molecule has 0 aliphatic heterocycles. The van der Waals surface area contributed by atoms with E-state index in [9.17, 15) is 4.79 Å². The third-order valence-corrected chi connectivity index (χ3v) is 5.43. The zero-order valence-corrected chi connectivity index (χ0v) is 18.2. The lowest BCUT2D eigenvalue weighted by Crippen LogP contribution is -2.19. The van der Waals surface area contributed by atoms with E-state index in [2.05, 4.69) is 29.7 Å². The zero-order valence-electron chi connectivity index (χ0n) is 17.5. The number of aromatic nitrogens is 1. The maximum absolute atomic E-state index is 12.4. The summed E-state index contributed by atoms with van der Waals surface area (Å²) in [6, 6.07) is 20.7. The Labute approximate surface area is 186 Å². The van der Waals surface area contributed by atoms with E-state index in [-0.39, 0.29) is 6.03 Å². The predicted molar refractivity (Wildman–Crippen MR) is 127 cm³/mol. The fourth-order valence-electron chi connectivity index (χ4n) is 3.28. The Balaban J connectivity index is 1.59. The molecule has 1 aromatic heterocycles. The maximum Gasteiger partial charge on any atom is 0.323 e. The molecule has 0 saturated carbocycles. The quantitative estimate of drug-likeness (QED) is 0.372. The standard InChI is InChI=1S/C25H22ClN3O2/c1-15-4-7-17(8-5-15)23-14-24(31-3)20-12-18(10-11-22(20)29-23)27-25(30)28-19-9-6-16(2)21(26)13-19/h4-14H,1-3H3,(H2,27,28,30). The van der Waals surface area contributed by atoms with E-state index in [4.69, 9.17) is 21.3 Å². The number of hydrogen-bond donors (Lipinski definition) is 2. The summed E-state index contributed by atoms with van der Waals surface area (Å²) in [5.74, 6) is 0.690. The van der Waals surface area contributed by atoms with E-state index in [0.29, 0.717) is 22.1 Å². The van der Waals surface area contributed by atoms with Gasteiger partial charge >= 0.3 is 6.03 Å². The molecular weight excluding hydrogens is 410 g/mol. The van der Waals surface area contributed by atoms with Gasteiger partial charge in [0.25, 0.3) is 0 Å². The first-order valence-electron chi connectivity index (χ1n) is 9.83. The number of amides is 2. The van der Waals surface area contributed by atoms with Crippen molar-refractivity contribution in [3.8, 4) is 17.0 Å². The van der Waals surface area contributed by atoms with Gasteiger partial charge in [-0.2, -0.15) is 0 Å². The average molecular weight is 432 g/mol. The van der Waals surface area contributed by atoms with Gasteiger partial charge < -0.3 is 15.4 Å². The van der Waals surface area contributed by atoms with Gasteiger partial charge in [-0.15, -0.1) is 0 Å². The molecule has 0 saturated heterocycles. The van der Waals surface area contributed by atoms with Crippen LogP contribution < -0.4 is 15.4 Å². The molecule has 0 radical (unpaired) electrons. The van der Waals surface area contributed by atoms with Crippen molar-refractivity contribution in [2.75, 3.05) is 17.7 Å². The smallest absolute Gasteiger partial charge is 0.323 e. The number of carbonyl (C=O) groups is 1. The third-order valence-electron chi connectivity index (χ3n) is 5.03. The Bertz CT molecular complexity index is 1270. The zero-order chi connectivity index (χ0) is 22.0. The minimum Gasteiger partial charge on any atom is -0.496 e. The molecule has 31 heavy (non-hydrogen) atoms. The number of urea groups is 1. The second-order valence-corrected chi connectivity index (χ2v) is 7.76. The summed E-state index contributed by atoms with van der Waals surface area (Å²) >= 11 is 6.13. The van der Waals surface area contributed by atoms with Gasteiger partial charge in [0.2, 0.25) is 0 Å². The van der Waals surface area contributed by atoms with Crippen LogP contribution >= 0.6 is 11.6 Å². The molecule has 0 spiro atoms. The normalized spacial score (nSPS) is 10.7.